The maximum absolute atomic E-state index is 10.8. The SMILES string of the molecule is Cl.O=[N+]([O-])c1ccccc1[C@H]1CCCN1. The Bertz CT molecular complexity index is 351. The molecule has 0 radical (unpaired) electrons. The van der Waals surface area contributed by atoms with E-state index < -0.39 is 0 Å². The molecule has 5 heteroatoms. The summed E-state index contributed by atoms with van der Waals surface area (Å²) in [7, 11) is 0. The van der Waals surface area contributed by atoms with Gasteiger partial charge in [0.15, 0.2) is 0 Å². The zero-order valence-electron chi connectivity index (χ0n) is 8.18. The van der Waals surface area contributed by atoms with Crippen LogP contribution in [-0.4, -0.2) is 11.5 Å². The minimum absolute atomic E-state index is 0. The van der Waals surface area contributed by atoms with Crippen molar-refractivity contribution in [3.63, 3.8) is 0 Å². The maximum Gasteiger partial charge on any atom is 0.274 e. The van der Waals surface area contributed by atoms with Gasteiger partial charge in [0.2, 0.25) is 0 Å². The van der Waals surface area contributed by atoms with Gasteiger partial charge in [0.25, 0.3) is 5.69 Å². The highest BCUT2D eigenvalue weighted by molar-refractivity contribution is 5.85. The first-order valence-electron chi connectivity index (χ1n) is 4.76. The number of nitro benzene ring substituents is 1. The highest BCUT2D eigenvalue weighted by atomic mass is 35.5. The molecule has 1 aliphatic heterocycles. The van der Waals surface area contributed by atoms with Crippen LogP contribution in [0.1, 0.15) is 24.4 Å². The van der Waals surface area contributed by atoms with Crippen molar-refractivity contribution in [2.75, 3.05) is 6.54 Å². The van der Waals surface area contributed by atoms with Crippen molar-refractivity contribution in [1.82, 2.24) is 5.32 Å². The van der Waals surface area contributed by atoms with Crippen LogP contribution in [-0.2, 0) is 0 Å². The Morgan fingerprint density at radius 2 is 2.13 bits per heavy atom. The van der Waals surface area contributed by atoms with Crippen LogP contribution in [0.3, 0.4) is 0 Å². The zero-order chi connectivity index (χ0) is 9.97. The first-order valence-corrected chi connectivity index (χ1v) is 4.76. The lowest BCUT2D eigenvalue weighted by Crippen LogP contribution is -2.14. The maximum atomic E-state index is 10.8. The molecule has 1 fully saturated rings. The van der Waals surface area contributed by atoms with Gasteiger partial charge < -0.3 is 5.32 Å². The molecule has 2 rings (SSSR count). The van der Waals surface area contributed by atoms with Crippen LogP contribution < -0.4 is 5.32 Å². The average molecular weight is 229 g/mol. The Morgan fingerprint density at radius 1 is 1.40 bits per heavy atom. The summed E-state index contributed by atoms with van der Waals surface area (Å²) in [5.41, 5.74) is 1.04. The van der Waals surface area contributed by atoms with Gasteiger partial charge in [-0.1, -0.05) is 18.2 Å². The molecule has 15 heavy (non-hydrogen) atoms. The molecule has 0 aliphatic carbocycles. The van der Waals surface area contributed by atoms with Gasteiger partial charge in [0.1, 0.15) is 0 Å². The Morgan fingerprint density at radius 3 is 2.73 bits per heavy atom. The summed E-state index contributed by atoms with van der Waals surface area (Å²) in [4.78, 5) is 10.4. The molecule has 1 aromatic rings. The quantitative estimate of drug-likeness (QED) is 0.625. The molecule has 4 nitrogen and oxygen atoms in total. The number of halogens is 1. The van der Waals surface area contributed by atoms with Crippen LogP contribution in [0.2, 0.25) is 0 Å². The molecule has 0 unspecified atom stereocenters. The molecule has 1 N–H and O–H groups in total. The zero-order valence-corrected chi connectivity index (χ0v) is 9.00. The van der Waals surface area contributed by atoms with Crippen molar-refractivity contribution >= 4 is 18.1 Å². The minimum atomic E-state index is -0.310. The highest BCUT2D eigenvalue weighted by Gasteiger charge is 2.23. The second-order valence-corrected chi connectivity index (χ2v) is 3.46. The number of nitrogens with one attached hydrogen (secondary N) is 1. The van der Waals surface area contributed by atoms with E-state index in [4.69, 9.17) is 0 Å². The molecule has 0 amide bonds. The van der Waals surface area contributed by atoms with Crippen LogP contribution in [0.15, 0.2) is 24.3 Å². The summed E-state index contributed by atoms with van der Waals surface area (Å²) in [5.74, 6) is 0. The monoisotopic (exact) mass is 228 g/mol. The predicted octanol–water partition coefficient (Wildman–Crippen LogP) is 2.44. The van der Waals surface area contributed by atoms with Gasteiger partial charge >= 0.3 is 0 Å². The number of nitro groups is 1. The van der Waals surface area contributed by atoms with Crippen LogP contribution in [0.25, 0.3) is 0 Å². The summed E-state index contributed by atoms with van der Waals surface area (Å²) in [5, 5.41) is 14.0. The fraction of sp³-hybridized carbons (Fsp3) is 0.400. The van der Waals surface area contributed by atoms with Crippen molar-refractivity contribution in [2.24, 2.45) is 0 Å². The van der Waals surface area contributed by atoms with E-state index in [-0.39, 0.29) is 29.1 Å². The van der Waals surface area contributed by atoms with E-state index in [1.54, 1.807) is 12.1 Å². The molecule has 82 valence electrons. The second-order valence-electron chi connectivity index (χ2n) is 3.46. The number of nitrogens with zero attached hydrogens (tertiary/aromatic N) is 1. The van der Waals surface area contributed by atoms with Crippen LogP contribution in [0, 0.1) is 10.1 Å². The van der Waals surface area contributed by atoms with Gasteiger partial charge in [-0.3, -0.25) is 10.1 Å². The van der Waals surface area contributed by atoms with Gasteiger partial charge in [-0.2, -0.15) is 0 Å². The number of hydrogen-bond acceptors (Lipinski definition) is 3. The Labute approximate surface area is 94.2 Å². The summed E-state index contributed by atoms with van der Waals surface area (Å²) in [6, 6.07) is 7.12. The smallest absolute Gasteiger partial charge is 0.274 e. The molecule has 1 saturated heterocycles. The third kappa shape index (κ3) is 2.46. The van der Waals surface area contributed by atoms with Gasteiger partial charge in [-0.05, 0) is 19.4 Å². The van der Waals surface area contributed by atoms with Gasteiger partial charge in [0.05, 0.1) is 4.92 Å². The van der Waals surface area contributed by atoms with Crippen LogP contribution >= 0.6 is 12.4 Å². The molecule has 0 aromatic heterocycles. The Balaban J connectivity index is 0.00000112. The summed E-state index contributed by atoms with van der Waals surface area (Å²) >= 11 is 0. The van der Waals surface area contributed by atoms with Gasteiger partial charge in [-0.15, -0.1) is 12.4 Å². The lowest BCUT2D eigenvalue weighted by Gasteiger charge is -2.10. The molecule has 1 aromatic carbocycles. The van der Waals surface area contributed by atoms with Crippen molar-refractivity contribution in [2.45, 2.75) is 18.9 Å². The van der Waals surface area contributed by atoms with Crippen molar-refractivity contribution in [1.29, 1.82) is 0 Å². The summed E-state index contributed by atoms with van der Waals surface area (Å²) < 4.78 is 0. The highest BCUT2D eigenvalue weighted by Crippen LogP contribution is 2.29. The summed E-state index contributed by atoms with van der Waals surface area (Å²) in [6.45, 7) is 0.955. The first-order chi connectivity index (χ1) is 6.79. The Kier molecular flexibility index (Phi) is 4.05. The van der Waals surface area contributed by atoms with Crippen molar-refractivity contribution in [3.05, 3.63) is 39.9 Å². The third-order valence-corrected chi connectivity index (χ3v) is 2.57. The van der Waals surface area contributed by atoms with E-state index >= 15 is 0 Å². The van der Waals surface area contributed by atoms with E-state index in [0.29, 0.717) is 0 Å². The van der Waals surface area contributed by atoms with E-state index in [1.807, 2.05) is 12.1 Å². The topological polar surface area (TPSA) is 55.2 Å². The number of benzene rings is 1. The molecule has 1 aliphatic rings. The fourth-order valence-corrected chi connectivity index (χ4v) is 1.90. The van der Waals surface area contributed by atoms with Gasteiger partial charge in [-0.25, -0.2) is 0 Å². The minimum Gasteiger partial charge on any atom is -0.310 e. The van der Waals surface area contributed by atoms with Crippen molar-refractivity contribution < 1.29 is 4.92 Å². The molecular weight excluding hydrogens is 216 g/mol. The second kappa shape index (κ2) is 5.09. The normalized spacial score (nSPS) is 19.6. The number of para-hydroxylation sites is 1. The van der Waals surface area contributed by atoms with E-state index in [2.05, 4.69) is 5.32 Å². The molecular formula is C10H13ClN2O2. The molecule has 0 saturated carbocycles. The van der Waals surface area contributed by atoms with Crippen molar-refractivity contribution in [3.8, 4) is 0 Å². The third-order valence-electron chi connectivity index (χ3n) is 2.57. The average Bonchev–Trinajstić information content (AvgIpc) is 2.70. The fourth-order valence-electron chi connectivity index (χ4n) is 1.90. The molecule has 1 heterocycles. The molecule has 0 spiro atoms. The van der Waals surface area contributed by atoms with E-state index in [1.165, 1.54) is 0 Å². The lowest BCUT2D eigenvalue weighted by molar-refractivity contribution is -0.385. The first kappa shape index (κ1) is 11.9. The predicted molar refractivity (Wildman–Crippen MR) is 60.3 cm³/mol. The van der Waals surface area contributed by atoms with Gasteiger partial charge in [0, 0.05) is 17.7 Å². The number of hydrogen-bond donors (Lipinski definition) is 1. The van der Waals surface area contributed by atoms with E-state index in [9.17, 15) is 10.1 Å². The van der Waals surface area contributed by atoms with E-state index in [0.717, 1.165) is 24.9 Å². The standard InChI is InChI=1S/C10H12N2O2.ClH/c13-12(14)10-6-2-1-4-8(10)9-5-3-7-11-9;/h1-2,4,6,9,11H,3,5,7H2;1H/t9-;/m1./s1. The lowest BCUT2D eigenvalue weighted by atomic mass is 10.0. The Hall–Kier alpha value is -1.13. The molecule has 1 atom stereocenters. The van der Waals surface area contributed by atoms with Crippen LogP contribution in [0.4, 0.5) is 5.69 Å². The van der Waals surface area contributed by atoms with Crippen LogP contribution in [0.5, 0.6) is 0 Å². The summed E-state index contributed by atoms with van der Waals surface area (Å²) in [6.07, 6.45) is 2.08. The molecule has 0 bridgehead atoms. The number of rotatable bonds is 2. The largest absolute Gasteiger partial charge is 0.310 e.